The predicted octanol–water partition coefficient (Wildman–Crippen LogP) is -1.16. The van der Waals surface area contributed by atoms with E-state index in [1.807, 2.05) is 37.3 Å². The Morgan fingerprint density at radius 1 is 1.28 bits per heavy atom. The van der Waals surface area contributed by atoms with E-state index >= 15 is 0 Å². The van der Waals surface area contributed by atoms with Crippen LogP contribution in [0.1, 0.15) is 17.3 Å². The van der Waals surface area contributed by atoms with E-state index in [0.29, 0.717) is 0 Å². The highest BCUT2D eigenvalue weighted by atomic mass is 35.5. The number of hydrogen-bond donors (Lipinski definition) is 0. The summed E-state index contributed by atoms with van der Waals surface area (Å²) in [5.74, 6) is 0.285. The second-order valence-corrected chi connectivity index (χ2v) is 4.54. The van der Waals surface area contributed by atoms with Crippen LogP contribution in [0.5, 0.6) is 0 Å². The van der Waals surface area contributed by atoms with Gasteiger partial charge in [-0.05, 0) is 0 Å². The van der Waals surface area contributed by atoms with Gasteiger partial charge in [-0.2, -0.15) is 0 Å². The van der Waals surface area contributed by atoms with Crippen LogP contribution in [0, 0.1) is 5.92 Å². The summed E-state index contributed by atoms with van der Waals surface area (Å²) in [5.41, 5.74) is 0.813. The Labute approximate surface area is 115 Å². The molecule has 1 fully saturated rings. The van der Waals surface area contributed by atoms with E-state index in [1.165, 1.54) is 0 Å². The van der Waals surface area contributed by atoms with Gasteiger partial charge in [0.1, 0.15) is 0 Å². The number of carbonyl (C=O) groups is 1. The van der Waals surface area contributed by atoms with Crippen LogP contribution in [0.4, 0.5) is 0 Å². The molecule has 1 atom stereocenters. The van der Waals surface area contributed by atoms with E-state index in [4.69, 9.17) is 4.74 Å². The molecular formula is C14H19ClNO2-. The molecule has 0 saturated carbocycles. The zero-order valence-electron chi connectivity index (χ0n) is 10.6. The molecule has 4 heteroatoms. The van der Waals surface area contributed by atoms with Crippen LogP contribution in [-0.4, -0.2) is 43.5 Å². The third kappa shape index (κ3) is 4.09. The zero-order valence-corrected chi connectivity index (χ0v) is 11.4. The predicted molar refractivity (Wildman–Crippen MR) is 67.2 cm³/mol. The van der Waals surface area contributed by atoms with E-state index in [2.05, 4.69) is 4.90 Å². The molecule has 1 aliphatic heterocycles. The summed E-state index contributed by atoms with van der Waals surface area (Å²) in [4.78, 5) is 14.5. The Bertz CT molecular complexity index is 363. The first-order chi connectivity index (χ1) is 8.27. The van der Waals surface area contributed by atoms with Gasteiger partial charge in [-0.15, -0.1) is 0 Å². The van der Waals surface area contributed by atoms with E-state index in [0.717, 1.165) is 38.4 Å². The average Bonchev–Trinajstić information content (AvgIpc) is 2.40. The van der Waals surface area contributed by atoms with Crippen LogP contribution in [0.25, 0.3) is 0 Å². The highest BCUT2D eigenvalue weighted by Crippen LogP contribution is 2.11. The van der Waals surface area contributed by atoms with E-state index in [9.17, 15) is 4.79 Å². The van der Waals surface area contributed by atoms with Crippen LogP contribution in [0.15, 0.2) is 30.3 Å². The van der Waals surface area contributed by atoms with Crippen molar-refractivity contribution < 1.29 is 21.9 Å². The summed E-state index contributed by atoms with van der Waals surface area (Å²) in [6.45, 7) is 6.28. The number of nitrogens with zero attached hydrogens (tertiary/aromatic N) is 1. The van der Waals surface area contributed by atoms with E-state index in [-0.39, 0.29) is 24.1 Å². The normalized spacial score (nSPS) is 17.8. The summed E-state index contributed by atoms with van der Waals surface area (Å²) in [5, 5.41) is 0. The Morgan fingerprint density at radius 3 is 2.50 bits per heavy atom. The van der Waals surface area contributed by atoms with Crippen LogP contribution >= 0.6 is 0 Å². The smallest absolute Gasteiger partial charge is 0.166 e. The van der Waals surface area contributed by atoms with Gasteiger partial charge in [0.15, 0.2) is 5.78 Å². The summed E-state index contributed by atoms with van der Waals surface area (Å²) in [6.07, 6.45) is 0. The molecule has 0 aliphatic carbocycles. The molecule has 0 radical (unpaired) electrons. The summed E-state index contributed by atoms with van der Waals surface area (Å²) < 4.78 is 5.30. The Morgan fingerprint density at radius 2 is 1.89 bits per heavy atom. The number of morpholine rings is 1. The number of rotatable bonds is 4. The number of benzene rings is 1. The lowest BCUT2D eigenvalue weighted by Crippen LogP contribution is -3.00. The summed E-state index contributed by atoms with van der Waals surface area (Å²) in [6, 6.07) is 9.53. The molecule has 18 heavy (non-hydrogen) atoms. The standard InChI is InChI=1S/C14H19NO2.ClH/c1-12(11-15-7-9-17-10-8-15)14(16)13-5-3-2-4-6-13;/h2-6,12H,7-11H2,1H3;1H/p-1. The zero-order chi connectivity index (χ0) is 12.1. The van der Waals surface area contributed by atoms with Gasteiger partial charge in [0.05, 0.1) is 13.2 Å². The van der Waals surface area contributed by atoms with E-state index < -0.39 is 0 Å². The van der Waals surface area contributed by atoms with Crippen molar-refractivity contribution in [2.75, 3.05) is 32.8 Å². The van der Waals surface area contributed by atoms with Gasteiger partial charge in [0, 0.05) is 31.1 Å². The van der Waals surface area contributed by atoms with Crippen molar-refractivity contribution in [3.8, 4) is 0 Å². The molecule has 3 nitrogen and oxygen atoms in total. The fourth-order valence-corrected chi connectivity index (χ4v) is 2.14. The van der Waals surface area contributed by atoms with Crippen molar-refractivity contribution in [1.29, 1.82) is 0 Å². The molecule has 1 heterocycles. The first kappa shape index (κ1) is 15.2. The lowest BCUT2D eigenvalue weighted by Gasteiger charge is -2.28. The molecule has 1 saturated heterocycles. The fraction of sp³-hybridized carbons (Fsp3) is 0.500. The molecule has 2 rings (SSSR count). The highest BCUT2D eigenvalue weighted by Gasteiger charge is 2.19. The molecule has 1 aromatic carbocycles. The molecule has 1 aliphatic rings. The number of ketones is 1. The Kier molecular flexibility index (Phi) is 6.33. The molecule has 100 valence electrons. The first-order valence-corrected chi connectivity index (χ1v) is 6.17. The number of carbonyl (C=O) groups excluding carboxylic acids is 1. The summed E-state index contributed by atoms with van der Waals surface area (Å²) >= 11 is 0. The molecule has 0 aromatic heterocycles. The molecule has 1 unspecified atom stereocenters. The SMILES string of the molecule is CC(CN1CCOCC1)C(=O)c1ccccc1.[Cl-]. The van der Waals surface area contributed by atoms with Crippen molar-refractivity contribution >= 4 is 5.78 Å². The maximum absolute atomic E-state index is 12.2. The van der Waals surface area contributed by atoms with Crippen LogP contribution in [0.3, 0.4) is 0 Å². The summed E-state index contributed by atoms with van der Waals surface area (Å²) in [7, 11) is 0. The minimum atomic E-state index is 0. The van der Waals surface area contributed by atoms with Crippen molar-refractivity contribution in [2.24, 2.45) is 5.92 Å². The first-order valence-electron chi connectivity index (χ1n) is 6.17. The highest BCUT2D eigenvalue weighted by molar-refractivity contribution is 5.97. The van der Waals surface area contributed by atoms with Gasteiger partial charge in [0.2, 0.25) is 0 Å². The minimum absolute atomic E-state index is 0. The maximum atomic E-state index is 12.2. The van der Waals surface area contributed by atoms with Crippen LogP contribution in [-0.2, 0) is 4.74 Å². The fourth-order valence-electron chi connectivity index (χ4n) is 2.14. The monoisotopic (exact) mass is 268 g/mol. The molecule has 0 bridgehead atoms. The molecule has 0 spiro atoms. The van der Waals surface area contributed by atoms with E-state index in [1.54, 1.807) is 0 Å². The number of halogens is 1. The average molecular weight is 269 g/mol. The van der Waals surface area contributed by atoms with Gasteiger partial charge in [-0.1, -0.05) is 37.3 Å². The van der Waals surface area contributed by atoms with Gasteiger partial charge in [-0.3, -0.25) is 9.69 Å². The number of hydrogen-bond acceptors (Lipinski definition) is 3. The van der Waals surface area contributed by atoms with Crippen LogP contribution in [0.2, 0.25) is 0 Å². The van der Waals surface area contributed by atoms with Crippen molar-refractivity contribution in [2.45, 2.75) is 6.92 Å². The number of Topliss-reactive ketones (excluding diaryl/α,β-unsaturated/α-hetero) is 1. The van der Waals surface area contributed by atoms with Crippen molar-refractivity contribution in [3.63, 3.8) is 0 Å². The topological polar surface area (TPSA) is 29.5 Å². The second kappa shape index (κ2) is 7.52. The van der Waals surface area contributed by atoms with Crippen molar-refractivity contribution in [1.82, 2.24) is 4.90 Å². The third-order valence-electron chi connectivity index (χ3n) is 3.14. The molecule has 1 aromatic rings. The van der Waals surface area contributed by atoms with Gasteiger partial charge >= 0.3 is 0 Å². The van der Waals surface area contributed by atoms with Gasteiger partial charge < -0.3 is 17.1 Å². The van der Waals surface area contributed by atoms with Crippen LogP contribution < -0.4 is 12.4 Å². The Hall–Kier alpha value is -0.900. The number of ether oxygens (including phenoxy) is 1. The molecular weight excluding hydrogens is 250 g/mol. The largest absolute Gasteiger partial charge is 1.00 e. The second-order valence-electron chi connectivity index (χ2n) is 4.54. The molecule has 0 amide bonds. The lowest BCUT2D eigenvalue weighted by atomic mass is 9.99. The Balaban J connectivity index is 0.00000162. The molecule has 0 N–H and O–H groups in total. The minimum Gasteiger partial charge on any atom is -1.00 e. The quantitative estimate of drug-likeness (QED) is 0.646. The third-order valence-corrected chi connectivity index (χ3v) is 3.14. The maximum Gasteiger partial charge on any atom is 0.166 e. The van der Waals surface area contributed by atoms with Gasteiger partial charge in [0.25, 0.3) is 0 Å². The van der Waals surface area contributed by atoms with Crippen molar-refractivity contribution in [3.05, 3.63) is 35.9 Å². The van der Waals surface area contributed by atoms with Gasteiger partial charge in [-0.25, -0.2) is 0 Å². The lowest BCUT2D eigenvalue weighted by molar-refractivity contribution is -0.0000119.